The molecule has 0 unspecified atom stereocenters. The zero-order valence-corrected chi connectivity index (χ0v) is 8.59. The maximum Gasteiger partial charge on any atom is 0.113 e. The third-order valence-corrected chi connectivity index (χ3v) is 2.33. The van der Waals surface area contributed by atoms with Crippen LogP contribution in [0.3, 0.4) is 0 Å². The number of hydrogen-bond acceptors (Lipinski definition) is 3. The van der Waals surface area contributed by atoms with Gasteiger partial charge in [0.25, 0.3) is 0 Å². The van der Waals surface area contributed by atoms with Gasteiger partial charge in [-0.05, 0) is 19.1 Å². The van der Waals surface area contributed by atoms with E-state index in [9.17, 15) is 0 Å². The zero-order chi connectivity index (χ0) is 10.7. The summed E-state index contributed by atoms with van der Waals surface area (Å²) in [5.41, 5.74) is 2.81. The van der Waals surface area contributed by atoms with Gasteiger partial charge in [0.05, 0.1) is 5.52 Å². The fraction of sp³-hybridized carbons (Fsp3) is 0.273. The largest absolute Gasteiger partial charge is 0.396 e. The summed E-state index contributed by atoms with van der Waals surface area (Å²) < 4.78 is 1.77. The number of benzene rings is 1. The lowest BCUT2D eigenvalue weighted by molar-refractivity contribution is 0.303. The van der Waals surface area contributed by atoms with E-state index in [0.717, 1.165) is 16.7 Å². The van der Waals surface area contributed by atoms with Gasteiger partial charge in [0.1, 0.15) is 5.52 Å². The quantitative estimate of drug-likeness (QED) is 0.825. The van der Waals surface area contributed by atoms with Gasteiger partial charge in [-0.3, -0.25) is 0 Å². The normalized spacial score (nSPS) is 12.3. The molecule has 0 saturated heterocycles. The van der Waals surface area contributed by atoms with Gasteiger partial charge in [0.15, 0.2) is 0 Å². The molecule has 1 heterocycles. The maximum absolute atomic E-state index is 8.94. The average molecular weight is 203 g/mol. The summed E-state index contributed by atoms with van der Waals surface area (Å²) >= 11 is 0. The van der Waals surface area contributed by atoms with Crippen LogP contribution in [0.2, 0.25) is 0 Å². The molecule has 2 aromatic rings. The Hall–Kier alpha value is -1.68. The average Bonchev–Trinajstić information content (AvgIpc) is 2.70. The van der Waals surface area contributed by atoms with E-state index in [4.69, 9.17) is 5.11 Å². The molecule has 4 heteroatoms. The standard InChI is InChI=1S/C11H13N3O/c1-2-9(7-8-15)14-11-6-4-3-5-10(11)12-13-14/h2-6,15H,7-8H2,1H3. The third kappa shape index (κ3) is 1.76. The number of nitrogens with zero attached hydrogens (tertiary/aromatic N) is 3. The minimum atomic E-state index is 0.119. The number of rotatable bonds is 3. The van der Waals surface area contributed by atoms with Crippen molar-refractivity contribution in [2.75, 3.05) is 6.61 Å². The fourth-order valence-electron chi connectivity index (χ4n) is 1.57. The SMILES string of the molecule is CC=C(CCO)n1nnc2ccccc21. The van der Waals surface area contributed by atoms with Crippen molar-refractivity contribution < 1.29 is 5.11 Å². The van der Waals surface area contributed by atoms with Crippen LogP contribution < -0.4 is 0 Å². The number of aromatic nitrogens is 3. The monoisotopic (exact) mass is 203 g/mol. The first kappa shape index (κ1) is 9.86. The fourth-order valence-corrected chi connectivity index (χ4v) is 1.57. The number of fused-ring (bicyclic) bond motifs is 1. The van der Waals surface area contributed by atoms with Crippen LogP contribution >= 0.6 is 0 Å². The second-order valence-electron chi connectivity index (χ2n) is 3.24. The minimum Gasteiger partial charge on any atom is -0.396 e. The highest BCUT2D eigenvalue weighted by Gasteiger charge is 2.06. The molecule has 1 N–H and O–H groups in total. The van der Waals surface area contributed by atoms with E-state index < -0.39 is 0 Å². The summed E-state index contributed by atoms with van der Waals surface area (Å²) in [6.45, 7) is 2.05. The molecule has 0 atom stereocenters. The van der Waals surface area contributed by atoms with Crippen molar-refractivity contribution >= 4 is 16.7 Å². The topological polar surface area (TPSA) is 50.9 Å². The van der Waals surface area contributed by atoms with Crippen molar-refractivity contribution in [1.29, 1.82) is 0 Å². The second kappa shape index (κ2) is 4.23. The van der Waals surface area contributed by atoms with Crippen molar-refractivity contribution in [2.24, 2.45) is 0 Å². The Kier molecular flexibility index (Phi) is 2.78. The Balaban J connectivity index is 2.51. The minimum absolute atomic E-state index is 0.119. The lowest BCUT2D eigenvalue weighted by atomic mass is 10.2. The number of allylic oxidation sites excluding steroid dienone is 1. The molecule has 0 saturated carbocycles. The van der Waals surface area contributed by atoms with Crippen LogP contribution in [0.5, 0.6) is 0 Å². The molecule has 0 bridgehead atoms. The smallest absolute Gasteiger partial charge is 0.113 e. The molecule has 1 aromatic carbocycles. The molecule has 15 heavy (non-hydrogen) atoms. The molecular formula is C11H13N3O. The van der Waals surface area contributed by atoms with Crippen LogP contribution in [0.4, 0.5) is 0 Å². The van der Waals surface area contributed by atoms with Crippen LogP contribution in [-0.4, -0.2) is 26.7 Å². The van der Waals surface area contributed by atoms with Gasteiger partial charge in [0.2, 0.25) is 0 Å². The molecular weight excluding hydrogens is 190 g/mol. The molecule has 78 valence electrons. The summed E-state index contributed by atoms with van der Waals surface area (Å²) in [6.07, 6.45) is 2.53. The number of aliphatic hydroxyl groups is 1. The highest BCUT2D eigenvalue weighted by Crippen LogP contribution is 2.16. The lowest BCUT2D eigenvalue weighted by Gasteiger charge is -2.04. The molecule has 2 rings (SSSR count). The van der Waals surface area contributed by atoms with E-state index >= 15 is 0 Å². The van der Waals surface area contributed by atoms with E-state index in [1.54, 1.807) is 4.68 Å². The van der Waals surface area contributed by atoms with Gasteiger partial charge >= 0.3 is 0 Å². The lowest BCUT2D eigenvalue weighted by Crippen LogP contribution is -2.01. The Morgan fingerprint density at radius 1 is 1.47 bits per heavy atom. The Morgan fingerprint density at radius 2 is 2.27 bits per heavy atom. The van der Waals surface area contributed by atoms with Gasteiger partial charge in [-0.15, -0.1) is 5.10 Å². The molecule has 0 fully saturated rings. The van der Waals surface area contributed by atoms with Gasteiger partial charge in [-0.1, -0.05) is 23.4 Å². The molecule has 0 aliphatic rings. The highest BCUT2D eigenvalue weighted by molar-refractivity contribution is 5.77. The van der Waals surface area contributed by atoms with E-state index in [1.165, 1.54) is 0 Å². The predicted octanol–water partition coefficient (Wildman–Crippen LogP) is 1.67. The van der Waals surface area contributed by atoms with Crippen molar-refractivity contribution in [3.05, 3.63) is 30.3 Å². The van der Waals surface area contributed by atoms with Gasteiger partial charge in [0, 0.05) is 18.7 Å². The Bertz CT molecular complexity index is 487. The van der Waals surface area contributed by atoms with Crippen molar-refractivity contribution in [1.82, 2.24) is 15.0 Å². The highest BCUT2D eigenvalue weighted by atomic mass is 16.3. The van der Waals surface area contributed by atoms with E-state index in [-0.39, 0.29) is 6.61 Å². The summed E-state index contributed by atoms with van der Waals surface area (Å²) in [5, 5.41) is 17.1. The Labute approximate surface area is 87.8 Å². The van der Waals surface area contributed by atoms with Crippen LogP contribution in [0.15, 0.2) is 30.3 Å². The molecule has 0 amide bonds. The van der Waals surface area contributed by atoms with Crippen LogP contribution in [0, 0.1) is 0 Å². The van der Waals surface area contributed by atoms with Gasteiger partial charge in [-0.2, -0.15) is 0 Å². The van der Waals surface area contributed by atoms with Crippen LogP contribution in [0.25, 0.3) is 16.7 Å². The molecule has 4 nitrogen and oxygen atoms in total. The second-order valence-corrected chi connectivity index (χ2v) is 3.24. The molecule has 1 aromatic heterocycles. The number of aliphatic hydroxyl groups excluding tert-OH is 1. The first-order valence-electron chi connectivity index (χ1n) is 4.93. The van der Waals surface area contributed by atoms with Crippen molar-refractivity contribution in [3.63, 3.8) is 0 Å². The van der Waals surface area contributed by atoms with Gasteiger partial charge in [-0.25, -0.2) is 4.68 Å². The first-order valence-corrected chi connectivity index (χ1v) is 4.93. The summed E-state index contributed by atoms with van der Waals surface area (Å²) in [4.78, 5) is 0. The summed E-state index contributed by atoms with van der Waals surface area (Å²) in [5.74, 6) is 0. The molecule has 0 radical (unpaired) electrons. The van der Waals surface area contributed by atoms with Gasteiger partial charge < -0.3 is 5.11 Å². The maximum atomic E-state index is 8.94. The summed E-state index contributed by atoms with van der Waals surface area (Å²) in [6, 6.07) is 7.78. The zero-order valence-electron chi connectivity index (χ0n) is 8.59. The molecule has 0 aliphatic carbocycles. The first-order chi connectivity index (χ1) is 7.36. The predicted molar refractivity (Wildman–Crippen MR) is 59.2 cm³/mol. The van der Waals surface area contributed by atoms with E-state index in [0.29, 0.717) is 6.42 Å². The number of hydrogen-bond donors (Lipinski definition) is 1. The van der Waals surface area contributed by atoms with Crippen LogP contribution in [-0.2, 0) is 0 Å². The Morgan fingerprint density at radius 3 is 3.00 bits per heavy atom. The molecule has 0 aliphatic heterocycles. The van der Waals surface area contributed by atoms with Crippen LogP contribution in [0.1, 0.15) is 13.3 Å². The third-order valence-electron chi connectivity index (χ3n) is 2.33. The van der Waals surface area contributed by atoms with Crippen molar-refractivity contribution in [3.8, 4) is 0 Å². The van der Waals surface area contributed by atoms with Crippen molar-refractivity contribution in [2.45, 2.75) is 13.3 Å². The van der Waals surface area contributed by atoms with E-state index in [1.807, 2.05) is 37.3 Å². The summed E-state index contributed by atoms with van der Waals surface area (Å²) in [7, 11) is 0. The molecule has 0 spiro atoms. The van der Waals surface area contributed by atoms with E-state index in [2.05, 4.69) is 10.3 Å². The number of para-hydroxylation sites is 1.